The zero-order valence-electron chi connectivity index (χ0n) is 14.5. The molecular formula is C18H19N5O3. The number of nitrogens with one attached hydrogen (secondary N) is 1. The maximum Gasteiger partial charge on any atom is 0.316 e. The Labute approximate surface area is 149 Å². The number of fused-ring (bicyclic) bond motifs is 1. The minimum absolute atomic E-state index is 0.0999. The van der Waals surface area contributed by atoms with Crippen LogP contribution in [-0.4, -0.2) is 43.7 Å². The van der Waals surface area contributed by atoms with Gasteiger partial charge in [-0.3, -0.25) is 4.79 Å². The van der Waals surface area contributed by atoms with Crippen molar-refractivity contribution in [1.82, 2.24) is 19.5 Å². The van der Waals surface area contributed by atoms with E-state index in [0.29, 0.717) is 24.7 Å². The monoisotopic (exact) mass is 353 g/mol. The van der Waals surface area contributed by atoms with Gasteiger partial charge in [-0.15, -0.1) is 0 Å². The van der Waals surface area contributed by atoms with Gasteiger partial charge in [0.25, 0.3) is 0 Å². The molecule has 0 unspecified atom stereocenters. The van der Waals surface area contributed by atoms with Gasteiger partial charge in [-0.25, -0.2) is 9.97 Å². The molecule has 0 atom stereocenters. The summed E-state index contributed by atoms with van der Waals surface area (Å²) in [6.07, 6.45) is 4.04. The predicted octanol–water partition coefficient (Wildman–Crippen LogP) is 1.75. The average molecular weight is 353 g/mol. The summed E-state index contributed by atoms with van der Waals surface area (Å²) in [6.45, 7) is 0. The average Bonchev–Trinajstić information content (AvgIpc) is 2.95. The van der Waals surface area contributed by atoms with E-state index in [1.807, 2.05) is 29.8 Å². The summed E-state index contributed by atoms with van der Waals surface area (Å²) in [5.41, 5.74) is 2.56. The molecule has 134 valence electrons. The molecule has 8 nitrogen and oxygen atoms in total. The minimum Gasteiger partial charge on any atom is -0.467 e. The molecule has 8 heteroatoms. The van der Waals surface area contributed by atoms with Crippen molar-refractivity contribution in [3.8, 4) is 17.4 Å². The Morgan fingerprint density at radius 1 is 1.35 bits per heavy atom. The van der Waals surface area contributed by atoms with Gasteiger partial charge < -0.3 is 19.7 Å². The van der Waals surface area contributed by atoms with Gasteiger partial charge in [0.05, 0.1) is 30.1 Å². The highest BCUT2D eigenvalue weighted by Gasteiger charge is 2.33. The lowest BCUT2D eigenvalue weighted by Crippen LogP contribution is -2.37. The molecule has 1 aliphatic rings. The molecule has 2 N–H and O–H groups in total. The van der Waals surface area contributed by atoms with Gasteiger partial charge in [0.15, 0.2) is 0 Å². The molecule has 1 amide bonds. The first-order chi connectivity index (χ1) is 12.5. The third-order valence-electron chi connectivity index (χ3n) is 4.74. The molecule has 3 heterocycles. The van der Waals surface area contributed by atoms with E-state index >= 15 is 0 Å². The second-order valence-electron chi connectivity index (χ2n) is 6.46. The second kappa shape index (κ2) is 6.38. The van der Waals surface area contributed by atoms with Crippen LogP contribution in [0.3, 0.4) is 0 Å². The Morgan fingerprint density at radius 3 is 2.88 bits per heavy atom. The van der Waals surface area contributed by atoms with Crippen molar-refractivity contribution in [3.05, 3.63) is 30.6 Å². The molecule has 1 fully saturated rings. The van der Waals surface area contributed by atoms with Crippen molar-refractivity contribution in [3.63, 3.8) is 0 Å². The van der Waals surface area contributed by atoms with Crippen molar-refractivity contribution in [2.45, 2.75) is 18.9 Å². The smallest absolute Gasteiger partial charge is 0.316 e. The normalized spacial score (nSPS) is 19.2. The summed E-state index contributed by atoms with van der Waals surface area (Å²) < 4.78 is 7.08. The highest BCUT2D eigenvalue weighted by molar-refractivity contribution is 5.95. The summed E-state index contributed by atoms with van der Waals surface area (Å²) >= 11 is 0. The Balaban J connectivity index is 1.64. The van der Waals surface area contributed by atoms with Crippen LogP contribution in [0.15, 0.2) is 30.6 Å². The molecule has 3 aromatic rings. The van der Waals surface area contributed by atoms with E-state index in [0.717, 1.165) is 22.3 Å². The van der Waals surface area contributed by atoms with E-state index in [9.17, 15) is 9.90 Å². The fraction of sp³-hybridized carbons (Fsp3) is 0.333. The number of nitrogens with zero attached hydrogens (tertiary/aromatic N) is 4. The Bertz CT molecular complexity index is 978. The predicted molar refractivity (Wildman–Crippen MR) is 95.7 cm³/mol. The van der Waals surface area contributed by atoms with E-state index < -0.39 is 0 Å². The molecule has 26 heavy (non-hydrogen) atoms. The first kappa shape index (κ1) is 16.5. The van der Waals surface area contributed by atoms with E-state index in [1.165, 1.54) is 7.11 Å². The second-order valence-corrected chi connectivity index (χ2v) is 6.46. The van der Waals surface area contributed by atoms with Crippen LogP contribution in [-0.2, 0) is 11.8 Å². The summed E-state index contributed by atoms with van der Waals surface area (Å²) in [7, 11) is 3.46. The van der Waals surface area contributed by atoms with Gasteiger partial charge >= 0.3 is 6.01 Å². The Morgan fingerprint density at radius 2 is 2.15 bits per heavy atom. The van der Waals surface area contributed by atoms with Gasteiger partial charge in [-0.2, -0.15) is 4.98 Å². The van der Waals surface area contributed by atoms with Gasteiger partial charge in [0, 0.05) is 36.8 Å². The third-order valence-corrected chi connectivity index (χ3v) is 4.74. The lowest BCUT2D eigenvalue weighted by molar-refractivity contribution is -0.126. The number of carbonyl (C=O) groups excluding carboxylic acids is 1. The number of ether oxygens (including phenoxy) is 1. The molecule has 4 rings (SSSR count). The van der Waals surface area contributed by atoms with Crippen LogP contribution >= 0.6 is 0 Å². The highest BCUT2D eigenvalue weighted by atomic mass is 16.5. The zero-order valence-corrected chi connectivity index (χ0v) is 14.5. The number of amides is 1. The Hall–Kier alpha value is -3.00. The standard InChI is InChI=1S/C18H19N5O3/c1-23-14-8-16(22-17(25)10-5-12(24)6-10)20-9-11(14)7-15(23)13-3-4-19-18(21-13)26-2/h3-4,7-10,12,24H,5-6H2,1-2H3,(H,20,22,25)/t10-,12-. The molecule has 0 spiro atoms. The number of aliphatic hydroxyl groups is 1. The number of hydrogen-bond acceptors (Lipinski definition) is 6. The maximum absolute atomic E-state index is 12.2. The molecule has 0 aromatic carbocycles. The summed E-state index contributed by atoms with van der Waals surface area (Å²) in [6, 6.07) is 5.94. The van der Waals surface area contributed by atoms with Crippen molar-refractivity contribution in [2.75, 3.05) is 12.4 Å². The highest BCUT2D eigenvalue weighted by Crippen LogP contribution is 2.30. The van der Waals surface area contributed by atoms with Crippen molar-refractivity contribution >= 4 is 22.6 Å². The van der Waals surface area contributed by atoms with E-state index in [4.69, 9.17) is 4.74 Å². The first-order valence-corrected chi connectivity index (χ1v) is 8.37. The van der Waals surface area contributed by atoms with Crippen LogP contribution in [0.5, 0.6) is 6.01 Å². The minimum atomic E-state index is -0.360. The molecule has 1 saturated carbocycles. The lowest BCUT2D eigenvalue weighted by Gasteiger charge is -2.29. The topological polar surface area (TPSA) is 102 Å². The van der Waals surface area contributed by atoms with Gasteiger partial charge in [-0.1, -0.05) is 0 Å². The molecule has 0 saturated heterocycles. The molecular weight excluding hydrogens is 334 g/mol. The number of aryl methyl sites for hydroxylation is 1. The largest absolute Gasteiger partial charge is 0.467 e. The van der Waals surface area contributed by atoms with Crippen LogP contribution in [0.1, 0.15) is 12.8 Å². The van der Waals surface area contributed by atoms with Crippen LogP contribution in [0.4, 0.5) is 5.82 Å². The number of hydrogen-bond donors (Lipinski definition) is 2. The van der Waals surface area contributed by atoms with Crippen LogP contribution in [0, 0.1) is 5.92 Å². The number of carbonyl (C=O) groups is 1. The van der Waals surface area contributed by atoms with Gasteiger partial charge in [0.2, 0.25) is 5.91 Å². The number of aliphatic hydroxyl groups excluding tert-OH is 1. The summed E-state index contributed by atoms with van der Waals surface area (Å²) in [5.74, 6) is 0.258. The fourth-order valence-corrected chi connectivity index (χ4v) is 3.16. The SMILES string of the molecule is COc1nccc(-c2cc3cnc(NC(=O)[C@H]4C[C@H](O)C4)cc3n2C)n1. The fourth-order valence-electron chi connectivity index (χ4n) is 3.16. The van der Waals surface area contributed by atoms with Crippen LogP contribution < -0.4 is 10.1 Å². The van der Waals surface area contributed by atoms with Crippen LogP contribution in [0.25, 0.3) is 22.3 Å². The number of aromatic nitrogens is 4. The molecule has 1 aliphatic carbocycles. The van der Waals surface area contributed by atoms with Crippen LogP contribution in [0.2, 0.25) is 0 Å². The van der Waals surface area contributed by atoms with E-state index in [2.05, 4.69) is 20.3 Å². The molecule has 0 radical (unpaired) electrons. The van der Waals surface area contributed by atoms with Gasteiger partial charge in [0.1, 0.15) is 5.82 Å². The first-order valence-electron chi connectivity index (χ1n) is 8.37. The van der Waals surface area contributed by atoms with Gasteiger partial charge in [-0.05, 0) is 25.0 Å². The number of anilines is 1. The molecule has 0 bridgehead atoms. The van der Waals surface area contributed by atoms with E-state index in [1.54, 1.807) is 12.4 Å². The van der Waals surface area contributed by atoms with Crippen molar-refractivity contribution in [2.24, 2.45) is 13.0 Å². The zero-order chi connectivity index (χ0) is 18.3. The molecule has 0 aliphatic heterocycles. The third kappa shape index (κ3) is 2.88. The quantitative estimate of drug-likeness (QED) is 0.741. The Kier molecular flexibility index (Phi) is 4.04. The molecule has 3 aromatic heterocycles. The van der Waals surface area contributed by atoms with E-state index in [-0.39, 0.29) is 17.9 Å². The lowest BCUT2D eigenvalue weighted by atomic mass is 9.82. The number of rotatable bonds is 4. The van der Waals surface area contributed by atoms with Crippen molar-refractivity contribution in [1.29, 1.82) is 0 Å². The summed E-state index contributed by atoms with van der Waals surface area (Å²) in [4.78, 5) is 24.9. The van der Waals surface area contributed by atoms with Crippen molar-refractivity contribution < 1.29 is 14.6 Å². The number of methoxy groups -OCH3 is 1. The number of pyridine rings is 1. The maximum atomic E-state index is 12.2. The summed E-state index contributed by atoms with van der Waals surface area (Å²) in [5, 5.41) is 13.1.